The molecule has 0 amide bonds. The molecule has 3 aromatic rings. The average molecular weight is 383 g/mol. The van der Waals surface area contributed by atoms with Crippen LogP contribution in [0.3, 0.4) is 0 Å². The SMILES string of the molecule is Cc1cc(-c2ccccc2)nc(NN=Cc2cc(Br)ccc2O)n1. The summed E-state index contributed by atoms with van der Waals surface area (Å²) in [4.78, 5) is 8.79. The molecule has 0 unspecified atom stereocenters. The molecule has 0 saturated heterocycles. The molecule has 1 aromatic heterocycles. The van der Waals surface area contributed by atoms with Crippen LogP contribution in [0.5, 0.6) is 5.75 Å². The highest BCUT2D eigenvalue weighted by atomic mass is 79.9. The van der Waals surface area contributed by atoms with Crippen molar-refractivity contribution in [3.05, 3.63) is 70.3 Å². The van der Waals surface area contributed by atoms with Gasteiger partial charge in [0.2, 0.25) is 5.95 Å². The molecule has 0 atom stereocenters. The lowest BCUT2D eigenvalue weighted by atomic mass is 10.1. The van der Waals surface area contributed by atoms with E-state index in [1.807, 2.05) is 43.3 Å². The Morgan fingerprint density at radius 3 is 2.67 bits per heavy atom. The number of hydrogen-bond acceptors (Lipinski definition) is 5. The second-order valence-corrected chi connectivity index (χ2v) is 6.07. The number of aromatic hydroxyl groups is 1. The lowest BCUT2D eigenvalue weighted by molar-refractivity contribution is 0.474. The highest BCUT2D eigenvalue weighted by molar-refractivity contribution is 9.10. The van der Waals surface area contributed by atoms with Gasteiger partial charge in [-0.3, -0.25) is 0 Å². The first-order valence-electron chi connectivity index (χ1n) is 7.30. The largest absolute Gasteiger partial charge is 0.507 e. The summed E-state index contributed by atoms with van der Waals surface area (Å²) >= 11 is 3.36. The Hall–Kier alpha value is -2.73. The number of nitrogens with one attached hydrogen (secondary N) is 1. The molecule has 3 rings (SSSR count). The van der Waals surface area contributed by atoms with Crippen LogP contribution in [0.4, 0.5) is 5.95 Å². The van der Waals surface area contributed by atoms with Gasteiger partial charge < -0.3 is 5.11 Å². The van der Waals surface area contributed by atoms with Crippen molar-refractivity contribution in [2.45, 2.75) is 6.92 Å². The molecule has 0 fully saturated rings. The van der Waals surface area contributed by atoms with Crippen LogP contribution in [0.2, 0.25) is 0 Å². The molecule has 0 radical (unpaired) electrons. The van der Waals surface area contributed by atoms with E-state index in [4.69, 9.17) is 0 Å². The molecule has 2 N–H and O–H groups in total. The van der Waals surface area contributed by atoms with E-state index in [0.29, 0.717) is 11.5 Å². The number of anilines is 1. The van der Waals surface area contributed by atoms with Crippen molar-refractivity contribution in [2.75, 3.05) is 5.43 Å². The lowest BCUT2D eigenvalue weighted by Gasteiger charge is -2.05. The molecular formula is C18H15BrN4O. The first kappa shape index (κ1) is 16.1. The van der Waals surface area contributed by atoms with Gasteiger partial charge in [-0.2, -0.15) is 5.10 Å². The second kappa shape index (κ2) is 7.23. The molecule has 0 saturated carbocycles. The maximum atomic E-state index is 9.80. The van der Waals surface area contributed by atoms with Gasteiger partial charge in [0.05, 0.1) is 11.9 Å². The fourth-order valence-corrected chi connectivity index (χ4v) is 2.54. The van der Waals surface area contributed by atoms with E-state index >= 15 is 0 Å². The van der Waals surface area contributed by atoms with Crippen LogP contribution in [0, 0.1) is 6.92 Å². The Bertz CT molecular complexity index is 881. The van der Waals surface area contributed by atoms with Crippen molar-refractivity contribution in [3.8, 4) is 17.0 Å². The van der Waals surface area contributed by atoms with Crippen LogP contribution in [-0.4, -0.2) is 21.3 Å². The number of aromatic nitrogens is 2. The number of phenolic OH excluding ortho intramolecular Hbond substituents is 1. The van der Waals surface area contributed by atoms with Crippen LogP contribution in [0.25, 0.3) is 11.3 Å². The van der Waals surface area contributed by atoms with Gasteiger partial charge in [0.25, 0.3) is 0 Å². The Morgan fingerprint density at radius 1 is 1.08 bits per heavy atom. The van der Waals surface area contributed by atoms with E-state index in [-0.39, 0.29) is 5.75 Å². The van der Waals surface area contributed by atoms with E-state index in [1.54, 1.807) is 18.2 Å². The van der Waals surface area contributed by atoms with Crippen LogP contribution in [0.15, 0.2) is 64.2 Å². The molecule has 5 nitrogen and oxygen atoms in total. The van der Waals surface area contributed by atoms with Gasteiger partial charge in [0.15, 0.2) is 0 Å². The predicted molar refractivity (Wildman–Crippen MR) is 99.2 cm³/mol. The summed E-state index contributed by atoms with van der Waals surface area (Å²) in [6.07, 6.45) is 1.52. The van der Waals surface area contributed by atoms with Crippen molar-refractivity contribution < 1.29 is 5.11 Å². The number of nitrogens with zero attached hydrogens (tertiary/aromatic N) is 3. The molecule has 6 heteroatoms. The van der Waals surface area contributed by atoms with E-state index in [1.165, 1.54) is 6.21 Å². The third-order valence-corrected chi connectivity index (χ3v) is 3.77. The molecule has 0 bridgehead atoms. The van der Waals surface area contributed by atoms with Crippen molar-refractivity contribution in [3.63, 3.8) is 0 Å². The summed E-state index contributed by atoms with van der Waals surface area (Å²) in [5.74, 6) is 0.554. The van der Waals surface area contributed by atoms with Gasteiger partial charge in [0, 0.05) is 21.3 Å². The number of rotatable bonds is 4. The number of benzene rings is 2. The Morgan fingerprint density at radius 2 is 1.88 bits per heavy atom. The second-order valence-electron chi connectivity index (χ2n) is 5.16. The van der Waals surface area contributed by atoms with Crippen LogP contribution >= 0.6 is 15.9 Å². The first-order chi connectivity index (χ1) is 11.6. The van der Waals surface area contributed by atoms with Gasteiger partial charge in [-0.1, -0.05) is 46.3 Å². The van der Waals surface area contributed by atoms with Crippen molar-refractivity contribution >= 4 is 28.1 Å². The molecule has 2 aromatic carbocycles. The molecule has 0 spiro atoms. The molecular weight excluding hydrogens is 368 g/mol. The smallest absolute Gasteiger partial charge is 0.244 e. The van der Waals surface area contributed by atoms with Crippen molar-refractivity contribution in [1.82, 2.24) is 9.97 Å². The van der Waals surface area contributed by atoms with Gasteiger partial charge in [-0.15, -0.1) is 0 Å². The normalized spacial score (nSPS) is 10.9. The molecule has 1 heterocycles. The molecule has 0 aliphatic carbocycles. The quantitative estimate of drug-likeness (QED) is 0.519. The summed E-state index contributed by atoms with van der Waals surface area (Å²) in [5, 5.41) is 13.9. The van der Waals surface area contributed by atoms with E-state index in [9.17, 15) is 5.11 Å². The summed E-state index contributed by atoms with van der Waals surface area (Å²) in [6.45, 7) is 1.91. The van der Waals surface area contributed by atoms with E-state index < -0.39 is 0 Å². The van der Waals surface area contributed by atoms with Gasteiger partial charge >= 0.3 is 0 Å². The van der Waals surface area contributed by atoms with Crippen molar-refractivity contribution in [2.24, 2.45) is 5.10 Å². The molecule has 0 aliphatic rings. The minimum Gasteiger partial charge on any atom is -0.507 e. The number of hydrazone groups is 1. The topological polar surface area (TPSA) is 70.4 Å². The summed E-state index contributed by atoms with van der Waals surface area (Å²) in [7, 11) is 0. The summed E-state index contributed by atoms with van der Waals surface area (Å²) < 4.78 is 0.861. The highest BCUT2D eigenvalue weighted by Gasteiger charge is 2.04. The zero-order valence-corrected chi connectivity index (χ0v) is 14.5. The molecule has 120 valence electrons. The minimum atomic E-state index is 0.152. The Labute approximate surface area is 148 Å². The van der Waals surface area contributed by atoms with Crippen molar-refractivity contribution in [1.29, 1.82) is 0 Å². The summed E-state index contributed by atoms with van der Waals surface area (Å²) in [5.41, 5.74) is 6.08. The number of hydrogen-bond donors (Lipinski definition) is 2. The Balaban J connectivity index is 1.82. The maximum Gasteiger partial charge on any atom is 0.244 e. The fraction of sp³-hybridized carbons (Fsp3) is 0.0556. The third kappa shape index (κ3) is 3.97. The monoisotopic (exact) mass is 382 g/mol. The van der Waals surface area contributed by atoms with Gasteiger partial charge in [-0.05, 0) is 31.2 Å². The van der Waals surface area contributed by atoms with E-state index in [2.05, 4.69) is 36.4 Å². The summed E-state index contributed by atoms with van der Waals surface area (Å²) in [6, 6.07) is 16.9. The number of halogens is 1. The maximum absolute atomic E-state index is 9.80. The zero-order valence-electron chi connectivity index (χ0n) is 12.9. The minimum absolute atomic E-state index is 0.152. The lowest BCUT2D eigenvalue weighted by Crippen LogP contribution is -2.00. The number of aryl methyl sites for hydroxylation is 1. The standard InChI is InChI=1S/C18H15BrN4O/c1-12-9-16(13-5-3-2-4-6-13)22-18(21-12)23-20-11-14-10-15(19)7-8-17(14)24/h2-11,24H,1H3,(H,21,22,23). The third-order valence-electron chi connectivity index (χ3n) is 3.28. The van der Waals surface area contributed by atoms with Crippen LogP contribution in [0.1, 0.15) is 11.3 Å². The van der Waals surface area contributed by atoms with Crippen LogP contribution in [-0.2, 0) is 0 Å². The predicted octanol–water partition coefficient (Wildman–Crippen LogP) is 4.37. The molecule has 0 aliphatic heterocycles. The number of phenols is 1. The average Bonchev–Trinajstić information content (AvgIpc) is 2.58. The Kier molecular flexibility index (Phi) is 4.86. The van der Waals surface area contributed by atoms with Gasteiger partial charge in [-0.25, -0.2) is 15.4 Å². The van der Waals surface area contributed by atoms with E-state index in [0.717, 1.165) is 21.4 Å². The highest BCUT2D eigenvalue weighted by Crippen LogP contribution is 2.21. The first-order valence-corrected chi connectivity index (χ1v) is 8.10. The van der Waals surface area contributed by atoms with Crippen LogP contribution < -0.4 is 5.43 Å². The zero-order chi connectivity index (χ0) is 16.9. The van der Waals surface area contributed by atoms with Gasteiger partial charge in [0.1, 0.15) is 5.75 Å². The fourth-order valence-electron chi connectivity index (χ4n) is 2.16. The molecule has 24 heavy (non-hydrogen) atoms.